The first kappa shape index (κ1) is 8.83. The fraction of sp³-hybridized carbons (Fsp3) is 1.00. The quantitative estimate of drug-likeness (QED) is 0.667. The SMILES string of the molecule is ClC1CCCC1CNCC1CC1. The molecule has 12 heavy (non-hydrogen) atoms. The molecule has 2 rings (SSSR count). The number of halogens is 1. The van der Waals surface area contributed by atoms with Crippen molar-refractivity contribution in [3.05, 3.63) is 0 Å². The molecule has 0 aliphatic heterocycles. The summed E-state index contributed by atoms with van der Waals surface area (Å²) in [4.78, 5) is 0. The molecule has 70 valence electrons. The van der Waals surface area contributed by atoms with Gasteiger partial charge in [-0.2, -0.15) is 0 Å². The smallest absolute Gasteiger partial charge is 0.0376 e. The first-order valence-electron chi connectivity index (χ1n) is 5.21. The van der Waals surface area contributed by atoms with E-state index in [0.29, 0.717) is 5.38 Å². The lowest BCUT2D eigenvalue weighted by Gasteiger charge is -2.13. The maximum absolute atomic E-state index is 6.17. The second-order valence-electron chi connectivity index (χ2n) is 4.31. The van der Waals surface area contributed by atoms with Crippen molar-refractivity contribution in [2.45, 2.75) is 37.5 Å². The van der Waals surface area contributed by atoms with Crippen molar-refractivity contribution >= 4 is 11.6 Å². The molecular formula is C10H18ClN. The van der Waals surface area contributed by atoms with Crippen molar-refractivity contribution in [2.75, 3.05) is 13.1 Å². The van der Waals surface area contributed by atoms with Gasteiger partial charge in [0.2, 0.25) is 0 Å². The molecule has 0 radical (unpaired) electrons. The van der Waals surface area contributed by atoms with Crippen LogP contribution in [0.3, 0.4) is 0 Å². The van der Waals surface area contributed by atoms with Gasteiger partial charge in [0.05, 0.1) is 0 Å². The molecule has 0 amide bonds. The molecule has 1 N–H and O–H groups in total. The maximum atomic E-state index is 6.17. The van der Waals surface area contributed by atoms with E-state index in [1.54, 1.807) is 0 Å². The highest BCUT2D eigenvalue weighted by molar-refractivity contribution is 6.20. The van der Waals surface area contributed by atoms with Crippen LogP contribution in [0.5, 0.6) is 0 Å². The molecule has 2 aliphatic carbocycles. The van der Waals surface area contributed by atoms with Gasteiger partial charge in [-0.15, -0.1) is 11.6 Å². The third-order valence-corrected chi connectivity index (χ3v) is 3.68. The summed E-state index contributed by atoms with van der Waals surface area (Å²) < 4.78 is 0. The molecule has 0 heterocycles. The van der Waals surface area contributed by atoms with E-state index in [0.717, 1.165) is 18.4 Å². The molecular weight excluding hydrogens is 170 g/mol. The summed E-state index contributed by atoms with van der Waals surface area (Å²) in [5, 5.41) is 3.99. The van der Waals surface area contributed by atoms with Gasteiger partial charge in [-0.25, -0.2) is 0 Å². The van der Waals surface area contributed by atoms with E-state index in [9.17, 15) is 0 Å². The Morgan fingerprint density at radius 2 is 1.92 bits per heavy atom. The van der Waals surface area contributed by atoms with Gasteiger partial charge in [0.1, 0.15) is 0 Å². The van der Waals surface area contributed by atoms with E-state index in [4.69, 9.17) is 11.6 Å². The molecule has 0 saturated heterocycles. The summed E-state index contributed by atoms with van der Waals surface area (Å²) in [7, 11) is 0. The zero-order valence-corrected chi connectivity index (χ0v) is 8.32. The fourth-order valence-corrected chi connectivity index (χ4v) is 2.39. The molecule has 1 nitrogen and oxygen atoms in total. The molecule has 2 fully saturated rings. The average molecular weight is 188 g/mol. The lowest BCUT2D eigenvalue weighted by molar-refractivity contribution is 0.485. The van der Waals surface area contributed by atoms with Crippen molar-refractivity contribution < 1.29 is 0 Å². The number of hydrogen-bond donors (Lipinski definition) is 1. The second-order valence-corrected chi connectivity index (χ2v) is 4.87. The molecule has 0 bridgehead atoms. The zero-order valence-electron chi connectivity index (χ0n) is 7.56. The minimum atomic E-state index is 0.455. The van der Waals surface area contributed by atoms with E-state index in [1.807, 2.05) is 0 Å². The minimum absolute atomic E-state index is 0.455. The zero-order chi connectivity index (χ0) is 8.39. The summed E-state index contributed by atoms with van der Waals surface area (Å²) in [5.41, 5.74) is 0. The first-order valence-corrected chi connectivity index (χ1v) is 5.64. The summed E-state index contributed by atoms with van der Waals surface area (Å²) in [6.07, 6.45) is 6.80. The molecule has 0 aromatic carbocycles. The predicted octanol–water partition coefficient (Wildman–Crippen LogP) is 2.39. The molecule has 2 saturated carbocycles. The molecule has 2 aliphatic rings. The van der Waals surface area contributed by atoms with Gasteiger partial charge >= 0.3 is 0 Å². The number of nitrogens with one attached hydrogen (secondary N) is 1. The Labute approximate surface area is 79.9 Å². The lowest BCUT2D eigenvalue weighted by atomic mass is 10.1. The lowest BCUT2D eigenvalue weighted by Crippen LogP contribution is -2.27. The third kappa shape index (κ3) is 2.37. The summed E-state index contributed by atoms with van der Waals surface area (Å²) in [6.45, 7) is 2.39. The summed E-state index contributed by atoms with van der Waals surface area (Å²) in [5.74, 6) is 1.76. The van der Waals surface area contributed by atoms with Crippen LogP contribution in [0, 0.1) is 11.8 Å². The highest BCUT2D eigenvalue weighted by Crippen LogP contribution is 2.30. The third-order valence-electron chi connectivity index (χ3n) is 3.10. The van der Waals surface area contributed by atoms with Crippen LogP contribution in [0.2, 0.25) is 0 Å². The van der Waals surface area contributed by atoms with Crippen LogP contribution < -0.4 is 5.32 Å². The van der Waals surface area contributed by atoms with Crippen molar-refractivity contribution in [1.29, 1.82) is 0 Å². The molecule has 0 aromatic rings. The van der Waals surface area contributed by atoms with Crippen LogP contribution in [-0.4, -0.2) is 18.5 Å². The van der Waals surface area contributed by atoms with Crippen molar-refractivity contribution in [3.63, 3.8) is 0 Å². The monoisotopic (exact) mass is 187 g/mol. The van der Waals surface area contributed by atoms with Crippen LogP contribution in [0.15, 0.2) is 0 Å². The van der Waals surface area contributed by atoms with Gasteiger partial charge in [0, 0.05) is 5.38 Å². The molecule has 2 heteroatoms. The topological polar surface area (TPSA) is 12.0 Å². The van der Waals surface area contributed by atoms with Crippen molar-refractivity contribution in [3.8, 4) is 0 Å². The maximum Gasteiger partial charge on any atom is 0.0376 e. The molecule has 2 atom stereocenters. The Balaban J connectivity index is 1.58. The molecule has 0 aromatic heterocycles. The predicted molar refractivity (Wildman–Crippen MR) is 52.6 cm³/mol. The molecule has 0 spiro atoms. The van der Waals surface area contributed by atoms with Gasteiger partial charge < -0.3 is 5.32 Å². The van der Waals surface area contributed by atoms with Gasteiger partial charge in [0.25, 0.3) is 0 Å². The molecule has 2 unspecified atom stereocenters. The highest BCUT2D eigenvalue weighted by atomic mass is 35.5. The number of hydrogen-bond acceptors (Lipinski definition) is 1. The Hall–Kier alpha value is 0.250. The summed E-state index contributed by atoms with van der Waals surface area (Å²) in [6, 6.07) is 0. The standard InChI is InChI=1S/C10H18ClN/c11-10-3-1-2-9(10)7-12-6-8-4-5-8/h8-10,12H,1-7H2. The van der Waals surface area contributed by atoms with Crippen LogP contribution in [0.25, 0.3) is 0 Å². The van der Waals surface area contributed by atoms with E-state index >= 15 is 0 Å². The van der Waals surface area contributed by atoms with Gasteiger partial charge in [-0.3, -0.25) is 0 Å². The minimum Gasteiger partial charge on any atom is -0.316 e. The summed E-state index contributed by atoms with van der Waals surface area (Å²) >= 11 is 6.17. The number of rotatable bonds is 4. The fourth-order valence-electron chi connectivity index (χ4n) is 2.02. The second kappa shape index (κ2) is 3.97. The van der Waals surface area contributed by atoms with E-state index in [2.05, 4.69) is 5.32 Å². The van der Waals surface area contributed by atoms with Crippen LogP contribution in [0.1, 0.15) is 32.1 Å². The largest absolute Gasteiger partial charge is 0.316 e. The van der Waals surface area contributed by atoms with Gasteiger partial charge in [-0.1, -0.05) is 6.42 Å². The van der Waals surface area contributed by atoms with E-state index in [1.165, 1.54) is 38.6 Å². The van der Waals surface area contributed by atoms with Crippen LogP contribution in [-0.2, 0) is 0 Å². The number of alkyl halides is 1. The van der Waals surface area contributed by atoms with Crippen LogP contribution in [0.4, 0.5) is 0 Å². The van der Waals surface area contributed by atoms with E-state index in [-0.39, 0.29) is 0 Å². The first-order chi connectivity index (χ1) is 5.86. The van der Waals surface area contributed by atoms with Gasteiger partial charge in [0.15, 0.2) is 0 Å². The van der Waals surface area contributed by atoms with Gasteiger partial charge in [-0.05, 0) is 50.6 Å². The van der Waals surface area contributed by atoms with Crippen molar-refractivity contribution in [1.82, 2.24) is 5.32 Å². The Morgan fingerprint density at radius 1 is 1.08 bits per heavy atom. The van der Waals surface area contributed by atoms with Crippen molar-refractivity contribution in [2.24, 2.45) is 11.8 Å². The highest BCUT2D eigenvalue weighted by Gasteiger charge is 2.26. The van der Waals surface area contributed by atoms with Crippen LogP contribution >= 0.6 is 11.6 Å². The Bertz CT molecular complexity index is 145. The normalized spacial score (nSPS) is 35.8. The average Bonchev–Trinajstić information content (AvgIpc) is 2.78. The Kier molecular flexibility index (Phi) is 2.92. The Morgan fingerprint density at radius 3 is 2.50 bits per heavy atom. The van der Waals surface area contributed by atoms with E-state index < -0.39 is 0 Å².